The highest BCUT2D eigenvalue weighted by Crippen LogP contribution is 2.34. The van der Waals surface area contributed by atoms with Gasteiger partial charge in [0, 0.05) is 31.0 Å². The molecule has 3 unspecified atom stereocenters. The highest BCUT2D eigenvalue weighted by atomic mass is 16.5. The minimum absolute atomic E-state index is 0.0513. The number of Topliss-reactive ketones (excluding diaryl/α,β-unsaturated/α-hetero) is 1. The molecule has 0 aliphatic carbocycles. The van der Waals surface area contributed by atoms with Gasteiger partial charge in [-0.1, -0.05) is 54.3 Å². The predicted molar refractivity (Wildman–Crippen MR) is 131 cm³/mol. The van der Waals surface area contributed by atoms with E-state index in [1.165, 1.54) is 0 Å². The molecule has 0 amide bonds. The first-order chi connectivity index (χ1) is 13.3. The molecular weight excluding hydrogens is 375 g/mol. The zero-order chi connectivity index (χ0) is 24.1. The molecule has 0 saturated heterocycles. The minimum atomic E-state index is -0.528. The fourth-order valence-electron chi connectivity index (χ4n) is 3.17. The summed E-state index contributed by atoms with van der Waals surface area (Å²) < 4.78 is 6.08. The highest BCUT2D eigenvalue weighted by molar-refractivity contribution is 6.11. The summed E-state index contributed by atoms with van der Waals surface area (Å²) >= 11 is 0. The van der Waals surface area contributed by atoms with Crippen molar-refractivity contribution in [3.8, 4) is 0 Å². The van der Waals surface area contributed by atoms with Crippen molar-refractivity contribution < 1.29 is 14.6 Å². The normalized spacial score (nSPS) is 17.1. The number of ether oxygens (including phenoxy) is 1. The Morgan fingerprint density at radius 2 is 1.57 bits per heavy atom. The molecule has 0 aromatic heterocycles. The van der Waals surface area contributed by atoms with E-state index in [1.54, 1.807) is 6.92 Å². The topological polar surface area (TPSA) is 75.8 Å². The fourth-order valence-corrected chi connectivity index (χ4v) is 3.17. The molecule has 6 heteroatoms. The summed E-state index contributed by atoms with van der Waals surface area (Å²) in [5, 5.41) is 11.0. The Morgan fingerprint density at radius 3 is 1.97 bits per heavy atom. The van der Waals surface area contributed by atoms with Crippen molar-refractivity contribution in [1.82, 2.24) is 4.90 Å². The molecule has 0 radical (unpaired) electrons. The van der Waals surface area contributed by atoms with Crippen LogP contribution in [0.3, 0.4) is 0 Å². The smallest absolute Gasteiger partial charge is 0.137 e. The number of aliphatic hydroxyl groups excluding tert-OH is 1. The van der Waals surface area contributed by atoms with E-state index in [2.05, 4.69) is 54.3 Å². The third kappa shape index (κ3) is 9.38. The molecule has 0 spiro atoms. The second-order valence-electron chi connectivity index (χ2n) is 12.3. The molecule has 0 aliphatic heterocycles. The van der Waals surface area contributed by atoms with Gasteiger partial charge in [0.1, 0.15) is 13.6 Å². The number of rotatable bonds is 14. The Balaban J connectivity index is 5.31. The van der Waals surface area contributed by atoms with Gasteiger partial charge in [0.25, 0.3) is 0 Å². The molecule has 0 saturated carbocycles. The Labute approximate surface area is 187 Å². The van der Waals surface area contributed by atoms with Crippen molar-refractivity contribution in [2.24, 2.45) is 22.0 Å². The average Bonchev–Trinajstić information content (AvgIpc) is 2.57. The van der Waals surface area contributed by atoms with Crippen molar-refractivity contribution in [3.05, 3.63) is 0 Å². The Morgan fingerprint density at radius 1 is 1.07 bits per heavy atom. The number of carbonyl (C=O) groups excluding carboxylic acids is 1. The Hall–Kier alpha value is -0.425. The molecule has 0 fully saturated rings. The second kappa shape index (κ2) is 10.9. The quantitative estimate of drug-likeness (QED) is 0.417. The van der Waals surface area contributed by atoms with E-state index in [0.29, 0.717) is 31.9 Å². The van der Waals surface area contributed by atoms with Crippen molar-refractivity contribution in [3.63, 3.8) is 0 Å². The molecule has 3 atom stereocenters. The fraction of sp³-hybridized carbons (Fsp3) is 0.958. The Kier molecular flexibility index (Phi) is 10.8. The monoisotopic (exact) mass is 426 g/mol. The molecule has 0 heterocycles. The first kappa shape index (κ1) is 29.6. The van der Waals surface area contributed by atoms with Gasteiger partial charge in [0.05, 0.1) is 18.3 Å². The first-order valence-electron chi connectivity index (χ1n) is 11.5. The molecule has 0 bridgehead atoms. The number of nitrogens with zero attached hydrogens (tertiary/aromatic N) is 1. The van der Waals surface area contributed by atoms with Gasteiger partial charge in [-0.05, 0) is 45.1 Å². The van der Waals surface area contributed by atoms with Gasteiger partial charge in [0.2, 0.25) is 0 Å². The van der Waals surface area contributed by atoms with E-state index in [-0.39, 0.29) is 22.7 Å². The third-order valence-corrected chi connectivity index (χ3v) is 7.33. The van der Waals surface area contributed by atoms with Gasteiger partial charge in [-0.2, -0.15) is 0 Å². The maximum Gasteiger partial charge on any atom is 0.137 e. The summed E-state index contributed by atoms with van der Waals surface area (Å²) in [5.74, 6) is 0.637. The zero-order valence-corrected chi connectivity index (χ0v) is 22.1. The van der Waals surface area contributed by atoms with Crippen LogP contribution in [-0.4, -0.2) is 67.6 Å². The van der Waals surface area contributed by atoms with Crippen molar-refractivity contribution in [1.29, 1.82) is 0 Å². The zero-order valence-electron chi connectivity index (χ0n) is 22.1. The predicted octanol–water partition coefficient (Wildman–Crippen LogP) is 3.29. The first-order valence-corrected chi connectivity index (χ1v) is 11.5. The molecular formula is C24H51BN2O3. The molecule has 0 aromatic rings. The van der Waals surface area contributed by atoms with Crippen molar-refractivity contribution in [2.45, 2.75) is 106 Å². The second-order valence-corrected chi connectivity index (χ2v) is 12.3. The van der Waals surface area contributed by atoms with Crippen LogP contribution in [0.1, 0.15) is 82.6 Å². The van der Waals surface area contributed by atoms with Gasteiger partial charge in [-0.15, -0.1) is 0 Å². The van der Waals surface area contributed by atoms with Crippen LogP contribution in [0.5, 0.6) is 0 Å². The van der Waals surface area contributed by atoms with E-state index in [1.807, 2.05) is 27.7 Å². The lowest BCUT2D eigenvalue weighted by molar-refractivity contribution is -0.134. The lowest BCUT2D eigenvalue weighted by Crippen LogP contribution is -2.53. The van der Waals surface area contributed by atoms with Gasteiger partial charge in [0.15, 0.2) is 0 Å². The molecule has 0 rings (SSSR count). The van der Waals surface area contributed by atoms with Gasteiger partial charge in [-0.25, -0.2) is 0 Å². The minimum Gasteiger partial charge on any atom is -0.392 e. The van der Waals surface area contributed by atoms with Crippen LogP contribution in [0.2, 0.25) is 5.82 Å². The molecule has 178 valence electrons. The molecule has 3 N–H and O–H groups in total. The van der Waals surface area contributed by atoms with Crippen molar-refractivity contribution >= 4 is 13.6 Å². The number of hydrogen-bond acceptors (Lipinski definition) is 5. The number of ketones is 1. The largest absolute Gasteiger partial charge is 0.392 e. The standard InChI is InChI=1S/C24H51BN2O3/c1-17(25)22(6,7)15-27(18(2)21(4,5)14-26)13-20(29)12-24(10,11)30-16-23(8,9)19(3)28/h17-18,20,29H,12-16,25-26H2,1-11H3. The van der Waals surface area contributed by atoms with E-state index < -0.39 is 17.1 Å². The summed E-state index contributed by atoms with van der Waals surface area (Å²) in [6.07, 6.45) is -0.0190. The number of hydrogen-bond donors (Lipinski definition) is 2. The number of carbonyl (C=O) groups is 1. The summed E-state index contributed by atoms with van der Waals surface area (Å²) in [6.45, 7) is 25.2. The summed E-state index contributed by atoms with van der Waals surface area (Å²) in [7, 11) is 2.25. The van der Waals surface area contributed by atoms with E-state index >= 15 is 0 Å². The average molecular weight is 426 g/mol. The summed E-state index contributed by atoms with van der Waals surface area (Å²) in [6, 6.07) is 0.232. The van der Waals surface area contributed by atoms with Gasteiger partial charge in [-0.3, -0.25) is 9.69 Å². The third-order valence-electron chi connectivity index (χ3n) is 7.33. The number of nitrogens with two attached hydrogens (primary N) is 1. The van der Waals surface area contributed by atoms with Gasteiger partial charge < -0.3 is 15.6 Å². The van der Waals surface area contributed by atoms with Crippen LogP contribution >= 0.6 is 0 Å². The lowest BCUT2D eigenvalue weighted by Gasteiger charge is -2.45. The Bertz CT molecular complexity index is 545. The van der Waals surface area contributed by atoms with Crippen LogP contribution in [0, 0.1) is 16.2 Å². The molecule has 5 nitrogen and oxygen atoms in total. The maximum absolute atomic E-state index is 11.8. The van der Waals surface area contributed by atoms with E-state index in [0.717, 1.165) is 6.54 Å². The van der Waals surface area contributed by atoms with Gasteiger partial charge >= 0.3 is 0 Å². The molecule has 0 aliphatic rings. The lowest BCUT2D eigenvalue weighted by atomic mass is 9.68. The van der Waals surface area contributed by atoms with Crippen LogP contribution in [0.25, 0.3) is 0 Å². The van der Waals surface area contributed by atoms with Crippen LogP contribution in [0.4, 0.5) is 0 Å². The molecule has 0 aromatic carbocycles. The maximum atomic E-state index is 11.8. The number of aliphatic hydroxyl groups is 1. The van der Waals surface area contributed by atoms with Crippen LogP contribution in [-0.2, 0) is 9.53 Å². The summed E-state index contributed by atoms with van der Waals surface area (Å²) in [5.41, 5.74) is 5.10. The molecule has 30 heavy (non-hydrogen) atoms. The highest BCUT2D eigenvalue weighted by Gasteiger charge is 2.36. The van der Waals surface area contributed by atoms with Crippen LogP contribution < -0.4 is 5.73 Å². The summed E-state index contributed by atoms with van der Waals surface area (Å²) in [4.78, 5) is 14.2. The van der Waals surface area contributed by atoms with Crippen molar-refractivity contribution in [2.75, 3.05) is 26.2 Å². The van der Waals surface area contributed by atoms with E-state index in [4.69, 9.17) is 10.5 Å². The SMILES string of the molecule is BC(C)C(C)(C)CN(CC(O)CC(C)(C)OCC(C)(C)C(C)=O)C(C)C(C)(C)CN. The van der Waals surface area contributed by atoms with E-state index in [9.17, 15) is 9.90 Å². The van der Waals surface area contributed by atoms with Crippen LogP contribution in [0.15, 0.2) is 0 Å².